The number of nitrogens with zero attached hydrogens (tertiary/aromatic N) is 4. The third-order valence-corrected chi connectivity index (χ3v) is 6.16. The molecule has 2 aliphatic heterocycles. The van der Waals surface area contributed by atoms with Crippen molar-refractivity contribution >= 4 is 29.9 Å². The highest BCUT2D eigenvalue weighted by molar-refractivity contribution is 14.0. The van der Waals surface area contributed by atoms with Gasteiger partial charge >= 0.3 is 0 Å². The molecule has 0 spiro atoms. The van der Waals surface area contributed by atoms with Gasteiger partial charge < -0.3 is 20.4 Å². The summed E-state index contributed by atoms with van der Waals surface area (Å²) in [6.07, 6.45) is 8.19. The monoisotopic (exact) mass is 478 g/mol. The molecule has 0 radical (unpaired) electrons. The van der Waals surface area contributed by atoms with E-state index in [4.69, 9.17) is 0 Å². The van der Waals surface area contributed by atoms with Gasteiger partial charge in [0, 0.05) is 58.4 Å². The van der Waals surface area contributed by atoms with Crippen LogP contribution in [0.15, 0.2) is 4.99 Å². The largest absolute Gasteiger partial charge is 0.355 e. The van der Waals surface area contributed by atoms with E-state index in [9.17, 15) is 0 Å². The van der Waals surface area contributed by atoms with Crippen LogP contribution < -0.4 is 10.6 Å². The molecule has 0 aromatic rings. The summed E-state index contributed by atoms with van der Waals surface area (Å²) >= 11 is 0. The molecule has 1 aliphatic carbocycles. The number of halogens is 1. The minimum absolute atomic E-state index is 0. The number of guanidine groups is 1. The van der Waals surface area contributed by atoms with Gasteiger partial charge in [0.1, 0.15) is 0 Å². The zero-order valence-corrected chi connectivity index (χ0v) is 19.1. The Morgan fingerprint density at radius 3 is 2.58 bits per heavy atom. The highest BCUT2D eigenvalue weighted by Gasteiger charge is 2.30. The van der Waals surface area contributed by atoms with Gasteiger partial charge in [-0.05, 0) is 45.8 Å². The Hall–Kier alpha value is -0.120. The lowest BCUT2D eigenvalue weighted by atomic mass is 10.2. The summed E-state index contributed by atoms with van der Waals surface area (Å²) in [5.74, 6) is 0.977. The second-order valence-electron chi connectivity index (χ2n) is 8.06. The Bertz CT molecular complexity index is 426. The summed E-state index contributed by atoms with van der Waals surface area (Å²) in [6, 6.07) is 1.40. The van der Waals surface area contributed by atoms with Crippen LogP contribution in [-0.2, 0) is 0 Å². The van der Waals surface area contributed by atoms with Crippen molar-refractivity contribution < 1.29 is 0 Å². The van der Waals surface area contributed by atoms with E-state index in [0.29, 0.717) is 6.04 Å². The lowest BCUT2D eigenvalue weighted by Crippen LogP contribution is -2.47. The fourth-order valence-electron chi connectivity index (χ4n) is 4.55. The molecule has 1 saturated carbocycles. The maximum atomic E-state index is 4.44. The van der Waals surface area contributed by atoms with E-state index < -0.39 is 0 Å². The van der Waals surface area contributed by atoms with Crippen molar-refractivity contribution in [2.45, 2.75) is 50.6 Å². The summed E-state index contributed by atoms with van der Waals surface area (Å²) in [6.45, 7) is 9.33. The summed E-state index contributed by atoms with van der Waals surface area (Å²) in [5.41, 5.74) is 0. The Morgan fingerprint density at radius 2 is 1.81 bits per heavy atom. The molecule has 2 heterocycles. The van der Waals surface area contributed by atoms with Crippen molar-refractivity contribution in [1.82, 2.24) is 25.3 Å². The molecule has 3 aliphatic rings. The number of hydrogen-bond donors (Lipinski definition) is 2. The van der Waals surface area contributed by atoms with E-state index in [1.54, 1.807) is 0 Å². The number of aliphatic imine (C=N–C) groups is 1. The van der Waals surface area contributed by atoms with Crippen molar-refractivity contribution in [3.05, 3.63) is 0 Å². The quantitative estimate of drug-likeness (QED) is 0.356. The zero-order valence-electron chi connectivity index (χ0n) is 16.8. The molecule has 2 N–H and O–H groups in total. The number of likely N-dealkylation sites (tertiary alicyclic amines) is 1. The first-order valence-electron chi connectivity index (χ1n) is 10.4. The van der Waals surface area contributed by atoms with Crippen molar-refractivity contribution in [3.63, 3.8) is 0 Å². The highest BCUT2D eigenvalue weighted by atomic mass is 127. The van der Waals surface area contributed by atoms with Crippen molar-refractivity contribution in [3.8, 4) is 0 Å². The van der Waals surface area contributed by atoms with Crippen LogP contribution in [0.4, 0.5) is 0 Å². The Morgan fingerprint density at radius 1 is 1.00 bits per heavy atom. The van der Waals surface area contributed by atoms with Gasteiger partial charge in [0.2, 0.25) is 0 Å². The fraction of sp³-hybridized carbons (Fsp3) is 0.947. The Kier molecular flexibility index (Phi) is 9.94. The third-order valence-electron chi connectivity index (χ3n) is 6.16. The van der Waals surface area contributed by atoms with E-state index >= 15 is 0 Å². The molecule has 2 saturated heterocycles. The van der Waals surface area contributed by atoms with E-state index in [1.165, 1.54) is 77.8 Å². The van der Waals surface area contributed by atoms with Crippen molar-refractivity contribution in [2.75, 3.05) is 66.5 Å². The van der Waals surface area contributed by atoms with E-state index in [-0.39, 0.29) is 24.0 Å². The number of nitrogens with one attached hydrogen (secondary N) is 2. The number of hydrogen-bond acceptors (Lipinski definition) is 4. The molecule has 3 fully saturated rings. The van der Waals surface area contributed by atoms with Crippen LogP contribution in [0, 0.1) is 0 Å². The molecule has 0 amide bonds. The minimum Gasteiger partial charge on any atom is -0.355 e. The van der Waals surface area contributed by atoms with Crippen LogP contribution in [0.25, 0.3) is 0 Å². The average Bonchev–Trinajstić information content (AvgIpc) is 3.25. The smallest absolute Gasteiger partial charge is 0.191 e. The lowest BCUT2D eigenvalue weighted by Gasteiger charge is -2.24. The van der Waals surface area contributed by atoms with Gasteiger partial charge in [-0.2, -0.15) is 0 Å². The first-order valence-corrected chi connectivity index (χ1v) is 10.4. The summed E-state index contributed by atoms with van der Waals surface area (Å²) < 4.78 is 0. The maximum absolute atomic E-state index is 4.44. The molecule has 1 unspecified atom stereocenters. The molecule has 152 valence electrons. The van der Waals surface area contributed by atoms with E-state index in [0.717, 1.165) is 25.1 Å². The van der Waals surface area contributed by atoms with Gasteiger partial charge in [-0.15, -0.1) is 24.0 Å². The molecule has 0 aromatic heterocycles. The first kappa shape index (κ1) is 22.2. The summed E-state index contributed by atoms with van der Waals surface area (Å²) in [7, 11) is 4.11. The maximum Gasteiger partial charge on any atom is 0.191 e. The predicted molar refractivity (Wildman–Crippen MR) is 121 cm³/mol. The molecule has 0 bridgehead atoms. The number of rotatable bonds is 5. The molecule has 26 heavy (non-hydrogen) atoms. The predicted octanol–water partition coefficient (Wildman–Crippen LogP) is 1.42. The molecule has 6 nitrogen and oxygen atoms in total. The first-order chi connectivity index (χ1) is 12.2. The SMILES string of the molecule is CN=C(NCCN1CCCN(C)CC1)NC1CCN(C2CCCC2)C1.I. The van der Waals surface area contributed by atoms with Crippen LogP contribution in [0.5, 0.6) is 0 Å². The van der Waals surface area contributed by atoms with Gasteiger partial charge in [0.05, 0.1) is 0 Å². The van der Waals surface area contributed by atoms with Crippen LogP contribution in [0.2, 0.25) is 0 Å². The molecule has 1 atom stereocenters. The molecular weight excluding hydrogens is 439 g/mol. The van der Waals surface area contributed by atoms with Gasteiger partial charge in [0.15, 0.2) is 5.96 Å². The van der Waals surface area contributed by atoms with E-state index in [1.807, 2.05) is 7.05 Å². The topological polar surface area (TPSA) is 46.1 Å². The second-order valence-corrected chi connectivity index (χ2v) is 8.06. The van der Waals surface area contributed by atoms with Gasteiger partial charge in [-0.25, -0.2) is 0 Å². The summed E-state index contributed by atoms with van der Waals surface area (Å²) in [5, 5.41) is 7.17. The van der Waals surface area contributed by atoms with Gasteiger partial charge in [0.25, 0.3) is 0 Å². The van der Waals surface area contributed by atoms with E-state index in [2.05, 4.69) is 37.4 Å². The van der Waals surface area contributed by atoms with Crippen LogP contribution in [0.1, 0.15) is 38.5 Å². The zero-order chi connectivity index (χ0) is 17.5. The standard InChI is InChI=1S/C19H38N6.HI/c1-20-19(21-9-13-24-11-5-10-23(2)14-15-24)22-17-8-12-25(16-17)18-6-3-4-7-18;/h17-18H,3-16H2,1-2H3,(H2,20,21,22);1H. The molecule has 7 heteroatoms. The third kappa shape index (κ3) is 6.80. The highest BCUT2D eigenvalue weighted by Crippen LogP contribution is 2.26. The van der Waals surface area contributed by atoms with Crippen molar-refractivity contribution in [1.29, 1.82) is 0 Å². The molecule has 0 aromatic carbocycles. The molecular formula is C19H39IN6. The minimum atomic E-state index is 0. The fourth-order valence-corrected chi connectivity index (χ4v) is 4.55. The Labute approximate surface area is 177 Å². The normalized spacial score (nSPS) is 27.3. The average molecular weight is 478 g/mol. The lowest BCUT2D eigenvalue weighted by molar-refractivity contribution is 0.242. The van der Waals surface area contributed by atoms with Gasteiger partial charge in [-0.1, -0.05) is 12.8 Å². The number of likely N-dealkylation sites (N-methyl/N-ethyl adjacent to an activating group) is 1. The van der Waals surface area contributed by atoms with Gasteiger partial charge in [-0.3, -0.25) is 9.89 Å². The van der Waals surface area contributed by atoms with Crippen LogP contribution >= 0.6 is 24.0 Å². The van der Waals surface area contributed by atoms with Crippen molar-refractivity contribution in [2.24, 2.45) is 4.99 Å². The van der Waals surface area contributed by atoms with Crippen LogP contribution in [-0.4, -0.2) is 99.2 Å². The second kappa shape index (κ2) is 11.7. The van der Waals surface area contributed by atoms with Crippen LogP contribution in [0.3, 0.4) is 0 Å². The Balaban J connectivity index is 0.00000243. The molecule has 3 rings (SSSR count). The summed E-state index contributed by atoms with van der Waals surface area (Å²) in [4.78, 5) is 12.1.